The summed E-state index contributed by atoms with van der Waals surface area (Å²) in [4.78, 5) is 0. The first kappa shape index (κ1) is 12.0. The van der Waals surface area contributed by atoms with Gasteiger partial charge in [-0.05, 0) is 44.7 Å². The zero-order chi connectivity index (χ0) is 10.4. The van der Waals surface area contributed by atoms with Gasteiger partial charge in [0, 0.05) is 13.2 Å². The molecule has 0 bridgehead atoms. The zero-order valence-electron chi connectivity index (χ0n) is 9.46. The quantitative estimate of drug-likeness (QED) is 0.647. The second-order valence-corrected chi connectivity index (χ2v) is 4.47. The minimum Gasteiger partial charge on any atom is -0.381 e. The first-order valence-corrected chi connectivity index (χ1v) is 5.72. The van der Waals surface area contributed by atoms with Crippen molar-refractivity contribution >= 4 is 0 Å². The summed E-state index contributed by atoms with van der Waals surface area (Å²) in [5.74, 6) is 0.750. The second-order valence-electron chi connectivity index (χ2n) is 4.47. The Labute approximate surface area is 87.4 Å². The summed E-state index contributed by atoms with van der Waals surface area (Å²) >= 11 is 0. The maximum atomic E-state index is 5.47. The molecule has 0 aromatic carbocycles. The van der Waals surface area contributed by atoms with Gasteiger partial charge in [-0.2, -0.15) is 0 Å². The van der Waals surface area contributed by atoms with Crippen molar-refractivity contribution in [2.75, 3.05) is 20.2 Å². The van der Waals surface area contributed by atoms with E-state index in [2.05, 4.69) is 12.2 Å². The Balaban J connectivity index is 1.93. The highest BCUT2D eigenvalue weighted by molar-refractivity contribution is 4.85. The SMILES string of the molecule is COC1CC(NCC(C)CCCN)C1. The Morgan fingerprint density at radius 3 is 2.79 bits per heavy atom. The van der Waals surface area contributed by atoms with Crippen molar-refractivity contribution in [2.45, 2.75) is 44.8 Å². The molecule has 0 radical (unpaired) electrons. The van der Waals surface area contributed by atoms with Crippen LogP contribution >= 0.6 is 0 Å². The third-order valence-electron chi connectivity index (χ3n) is 3.08. The molecule has 0 heterocycles. The molecule has 0 saturated heterocycles. The maximum Gasteiger partial charge on any atom is 0.0601 e. The van der Waals surface area contributed by atoms with E-state index in [0.717, 1.165) is 25.4 Å². The molecule has 1 fully saturated rings. The van der Waals surface area contributed by atoms with Crippen LogP contribution in [0.25, 0.3) is 0 Å². The van der Waals surface area contributed by atoms with Crippen molar-refractivity contribution in [3.05, 3.63) is 0 Å². The van der Waals surface area contributed by atoms with Crippen LogP contribution in [-0.2, 0) is 4.74 Å². The van der Waals surface area contributed by atoms with Crippen molar-refractivity contribution in [1.29, 1.82) is 0 Å². The van der Waals surface area contributed by atoms with E-state index in [-0.39, 0.29) is 0 Å². The minimum atomic E-state index is 0.506. The normalized spacial score (nSPS) is 28.5. The molecular formula is C11H24N2O. The molecule has 3 nitrogen and oxygen atoms in total. The van der Waals surface area contributed by atoms with Gasteiger partial charge in [-0.1, -0.05) is 6.92 Å². The van der Waals surface area contributed by atoms with Crippen molar-refractivity contribution in [1.82, 2.24) is 5.32 Å². The average molecular weight is 200 g/mol. The lowest BCUT2D eigenvalue weighted by atomic mass is 9.89. The Morgan fingerprint density at radius 2 is 2.21 bits per heavy atom. The molecule has 0 spiro atoms. The van der Waals surface area contributed by atoms with Crippen molar-refractivity contribution in [2.24, 2.45) is 11.7 Å². The third kappa shape index (κ3) is 3.95. The van der Waals surface area contributed by atoms with Crippen LogP contribution in [0, 0.1) is 5.92 Å². The Bertz CT molecular complexity index is 141. The molecule has 3 N–H and O–H groups in total. The number of nitrogens with one attached hydrogen (secondary N) is 1. The van der Waals surface area contributed by atoms with Gasteiger partial charge in [0.15, 0.2) is 0 Å². The van der Waals surface area contributed by atoms with Gasteiger partial charge < -0.3 is 15.8 Å². The van der Waals surface area contributed by atoms with Gasteiger partial charge in [-0.25, -0.2) is 0 Å². The highest BCUT2D eigenvalue weighted by atomic mass is 16.5. The van der Waals surface area contributed by atoms with Crippen LogP contribution in [0.5, 0.6) is 0 Å². The molecule has 1 aliphatic carbocycles. The molecular weight excluding hydrogens is 176 g/mol. The molecule has 0 amide bonds. The lowest BCUT2D eigenvalue weighted by molar-refractivity contribution is 0.0165. The van der Waals surface area contributed by atoms with Crippen LogP contribution in [0.2, 0.25) is 0 Å². The van der Waals surface area contributed by atoms with Gasteiger partial charge in [-0.3, -0.25) is 0 Å². The molecule has 0 aromatic rings. The molecule has 0 aliphatic heterocycles. The van der Waals surface area contributed by atoms with Crippen LogP contribution < -0.4 is 11.1 Å². The third-order valence-corrected chi connectivity index (χ3v) is 3.08. The van der Waals surface area contributed by atoms with E-state index in [0.29, 0.717) is 12.1 Å². The highest BCUT2D eigenvalue weighted by Crippen LogP contribution is 2.22. The largest absolute Gasteiger partial charge is 0.381 e. The number of hydrogen-bond donors (Lipinski definition) is 2. The summed E-state index contributed by atoms with van der Waals surface area (Å²) in [5, 5.41) is 3.57. The fourth-order valence-electron chi connectivity index (χ4n) is 1.86. The second kappa shape index (κ2) is 6.38. The number of nitrogens with two attached hydrogens (primary N) is 1. The number of hydrogen-bond acceptors (Lipinski definition) is 3. The molecule has 14 heavy (non-hydrogen) atoms. The van der Waals surface area contributed by atoms with Gasteiger partial charge >= 0.3 is 0 Å². The fraction of sp³-hybridized carbons (Fsp3) is 1.00. The van der Waals surface area contributed by atoms with E-state index in [1.165, 1.54) is 19.3 Å². The number of methoxy groups -OCH3 is 1. The fourth-order valence-corrected chi connectivity index (χ4v) is 1.86. The van der Waals surface area contributed by atoms with E-state index in [4.69, 9.17) is 10.5 Å². The smallest absolute Gasteiger partial charge is 0.0601 e. The van der Waals surface area contributed by atoms with Gasteiger partial charge in [-0.15, -0.1) is 0 Å². The first-order valence-electron chi connectivity index (χ1n) is 5.72. The maximum absolute atomic E-state index is 5.47. The molecule has 3 heteroatoms. The summed E-state index contributed by atoms with van der Waals surface area (Å²) in [6, 6.07) is 0.695. The lowest BCUT2D eigenvalue weighted by Gasteiger charge is -2.35. The molecule has 0 aromatic heterocycles. The summed E-state index contributed by atoms with van der Waals surface area (Å²) in [7, 11) is 1.80. The van der Waals surface area contributed by atoms with Crippen molar-refractivity contribution in [3.8, 4) is 0 Å². The zero-order valence-corrected chi connectivity index (χ0v) is 9.46. The Kier molecular flexibility index (Phi) is 5.45. The molecule has 1 unspecified atom stereocenters. The van der Waals surface area contributed by atoms with E-state index in [9.17, 15) is 0 Å². The lowest BCUT2D eigenvalue weighted by Crippen LogP contribution is -2.46. The average Bonchev–Trinajstić information content (AvgIpc) is 2.12. The van der Waals surface area contributed by atoms with Gasteiger partial charge in [0.25, 0.3) is 0 Å². The predicted molar refractivity (Wildman–Crippen MR) is 59.3 cm³/mol. The van der Waals surface area contributed by atoms with Crippen LogP contribution in [0.1, 0.15) is 32.6 Å². The van der Waals surface area contributed by atoms with Crippen LogP contribution in [-0.4, -0.2) is 32.3 Å². The summed E-state index contributed by atoms with van der Waals surface area (Å²) in [6.07, 6.45) is 5.25. The standard InChI is InChI=1S/C11H24N2O/c1-9(4-3-5-12)8-13-10-6-11(7-10)14-2/h9-11,13H,3-8,12H2,1-2H3. The summed E-state index contributed by atoms with van der Waals surface area (Å²) < 4.78 is 5.23. The molecule has 1 atom stereocenters. The van der Waals surface area contributed by atoms with Crippen molar-refractivity contribution < 1.29 is 4.74 Å². The molecule has 84 valence electrons. The Morgan fingerprint density at radius 1 is 1.50 bits per heavy atom. The van der Waals surface area contributed by atoms with E-state index < -0.39 is 0 Å². The summed E-state index contributed by atoms with van der Waals surface area (Å²) in [6.45, 7) is 4.23. The van der Waals surface area contributed by atoms with Crippen LogP contribution in [0.3, 0.4) is 0 Å². The van der Waals surface area contributed by atoms with Crippen LogP contribution in [0.15, 0.2) is 0 Å². The molecule has 1 rings (SSSR count). The monoisotopic (exact) mass is 200 g/mol. The predicted octanol–water partition coefficient (Wildman–Crippen LogP) is 1.13. The minimum absolute atomic E-state index is 0.506. The highest BCUT2D eigenvalue weighted by Gasteiger charge is 2.28. The topological polar surface area (TPSA) is 47.3 Å². The first-order chi connectivity index (χ1) is 6.76. The van der Waals surface area contributed by atoms with Crippen LogP contribution in [0.4, 0.5) is 0 Å². The van der Waals surface area contributed by atoms with Gasteiger partial charge in [0.05, 0.1) is 6.10 Å². The summed E-state index contributed by atoms with van der Waals surface area (Å²) in [5.41, 5.74) is 5.47. The van der Waals surface area contributed by atoms with E-state index >= 15 is 0 Å². The molecule has 1 aliphatic rings. The van der Waals surface area contributed by atoms with Gasteiger partial charge in [0.2, 0.25) is 0 Å². The Hall–Kier alpha value is -0.120. The van der Waals surface area contributed by atoms with E-state index in [1.807, 2.05) is 0 Å². The van der Waals surface area contributed by atoms with E-state index in [1.54, 1.807) is 7.11 Å². The number of ether oxygens (including phenoxy) is 1. The van der Waals surface area contributed by atoms with Crippen molar-refractivity contribution in [3.63, 3.8) is 0 Å². The van der Waals surface area contributed by atoms with Gasteiger partial charge in [0.1, 0.15) is 0 Å². The number of rotatable bonds is 7. The molecule has 1 saturated carbocycles.